The van der Waals surface area contributed by atoms with Crippen molar-refractivity contribution in [2.75, 3.05) is 6.54 Å². The van der Waals surface area contributed by atoms with Gasteiger partial charge in [0.05, 0.1) is 6.04 Å². The zero-order valence-corrected chi connectivity index (χ0v) is 11.9. The number of halogens is 1. The van der Waals surface area contributed by atoms with Crippen LogP contribution < -0.4 is 11.5 Å². The van der Waals surface area contributed by atoms with Gasteiger partial charge in [0.25, 0.3) is 0 Å². The number of hydrogen-bond acceptors (Lipinski definition) is 3. The fraction of sp³-hybridized carbons (Fsp3) is 0.833. The third-order valence-corrected chi connectivity index (χ3v) is 3.16. The van der Waals surface area contributed by atoms with Crippen molar-refractivity contribution < 1.29 is 9.59 Å². The second-order valence-corrected chi connectivity index (χ2v) is 5.18. The van der Waals surface area contributed by atoms with E-state index < -0.39 is 18.0 Å². The lowest BCUT2D eigenvalue weighted by Crippen LogP contribution is -2.55. The molecule has 1 heterocycles. The van der Waals surface area contributed by atoms with E-state index in [4.69, 9.17) is 11.5 Å². The summed E-state index contributed by atoms with van der Waals surface area (Å²) < 4.78 is 0. The number of carbonyl (C=O) groups is 2. The number of nitrogens with zero attached hydrogens (tertiary/aromatic N) is 1. The molecule has 1 rings (SSSR count). The lowest BCUT2D eigenvalue weighted by atomic mass is 9.98. The van der Waals surface area contributed by atoms with Crippen LogP contribution in [0.4, 0.5) is 0 Å². The van der Waals surface area contributed by atoms with Crippen molar-refractivity contribution in [3.8, 4) is 0 Å². The van der Waals surface area contributed by atoms with Gasteiger partial charge in [-0.15, -0.1) is 12.4 Å². The Morgan fingerprint density at radius 1 is 1.33 bits per heavy atom. The van der Waals surface area contributed by atoms with Crippen molar-refractivity contribution in [3.05, 3.63) is 0 Å². The lowest BCUT2D eigenvalue weighted by Gasteiger charge is -2.35. The van der Waals surface area contributed by atoms with Crippen molar-refractivity contribution in [1.82, 2.24) is 4.90 Å². The van der Waals surface area contributed by atoms with Crippen LogP contribution in [0.5, 0.6) is 0 Å². The Morgan fingerprint density at radius 3 is 2.44 bits per heavy atom. The highest BCUT2D eigenvalue weighted by Crippen LogP contribution is 2.18. The lowest BCUT2D eigenvalue weighted by molar-refractivity contribution is -0.142. The molecule has 0 aromatic heterocycles. The summed E-state index contributed by atoms with van der Waals surface area (Å²) in [5.41, 5.74) is 11.2. The first-order valence-electron chi connectivity index (χ1n) is 6.29. The molecule has 106 valence electrons. The van der Waals surface area contributed by atoms with Crippen LogP contribution in [0.15, 0.2) is 0 Å². The molecule has 5 nitrogen and oxygen atoms in total. The molecule has 0 aliphatic carbocycles. The minimum absolute atomic E-state index is 0. The first kappa shape index (κ1) is 17.2. The van der Waals surface area contributed by atoms with Gasteiger partial charge in [-0.3, -0.25) is 9.59 Å². The molecular formula is C12H24ClN3O2. The SMILES string of the molecule is CC(C)C[C@H](N)C(=O)N1CCCCC1C(N)=O.Cl. The van der Waals surface area contributed by atoms with Gasteiger partial charge in [-0.05, 0) is 31.6 Å². The summed E-state index contributed by atoms with van der Waals surface area (Å²) in [5.74, 6) is -0.192. The predicted molar refractivity (Wildman–Crippen MR) is 73.2 cm³/mol. The van der Waals surface area contributed by atoms with E-state index in [0.29, 0.717) is 25.3 Å². The van der Waals surface area contributed by atoms with Crippen LogP contribution in [0.2, 0.25) is 0 Å². The summed E-state index contributed by atoms with van der Waals surface area (Å²) in [4.78, 5) is 25.0. The molecule has 0 aromatic carbocycles. The Labute approximate surface area is 115 Å². The predicted octanol–water partition coefficient (Wildman–Crippen LogP) is 0.648. The Bertz CT molecular complexity index is 297. The fourth-order valence-electron chi connectivity index (χ4n) is 2.31. The van der Waals surface area contributed by atoms with Gasteiger partial charge in [0.2, 0.25) is 11.8 Å². The number of carbonyl (C=O) groups excluding carboxylic acids is 2. The molecule has 18 heavy (non-hydrogen) atoms. The number of hydrogen-bond donors (Lipinski definition) is 2. The molecule has 0 bridgehead atoms. The van der Waals surface area contributed by atoms with Crippen molar-refractivity contribution >= 4 is 24.2 Å². The maximum Gasteiger partial charge on any atom is 0.240 e. The molecule has 1 fully saturated rings. The maximum atomic E-state index is 12.1. The fourth-order valence-corrected chi connectivity index (χ4v) is 2.31. The Morgan fingerprint density at radius 2 is 1.94 bits per heavy atom. The number of amides is 2. The van der Waals surface area contributed by atoms with Crippen molar-refractivity contribution in [2.24, 2.45) is 17.4 Å². The molecule has 4 N–H and O–H groups in total. The second kappa shape index (κ2) is 7.59. The molecule has 0 aromatic rings. The topological polar surface area (TPSA) is 89.4 Å². The molecule has 6 heteroatoms. The molecule has 1 unspecified atom stereocenters. The maximum absolute atomic E-state index is 12.1. The van der Waals surface area contributed by atoms with Crippen molar-refractivity contribution in [3.63, 3.8) is 0 Å². The molecule has 2 amide bonds. The molecule has 0 radical (unpaired) electrons. The number of rotatable bonds is 4. The Hall–Kier alpha value is -0.810. The van der Waals surface area contributed by atoms with Gasteiger partial charge in [0, 0.05) is 6.54 Å². The molecular weight excluding hydrogens is 254 g/mol. The zero-order valence-electron chi connectivity index (χ0n) is 11.1. The highest BCUT2D eigenvalue weighted by Gasteiger charge is 2.33. The van der Waals surface area contributed by atoms with Crippen LogP contribution >= 0.6 is 12.4 Å². The Balaban J connectivity index is 0.00000289. The van der Waals surface area contributed by atoms with E-state index in [2.05, 4.69) is 0 Å². The first-order chi connectivity index (χ1) is 7.93. The van der Waals surface area contributed by atoms with Crippen LogP contribution in [-0.2, 0) is 9.59 Å². The third-order valence-electron chi connectivity index (χ3n) is 3.16. The molecule has 1 aliphatic rings. The highest BCUT2D eigenvalue weighted by molar-refractivity contribution is 5.89. The average Bonchev–Trinajstić information content (AvgIpc) is 2.27. The normalized spacial score (nSPS) is 21.3. The van der Waals surface area contributed by atoms with Crippen molar-refractivity contribution in [1.29, 1.82) is 0 Å². The summed E-state index contributed by atoms with van der Waals surface area (Å²) in [5, 5.41) is 0. The number of primary amides is 1. The summed E-state index contributed by atoms with van der Waals surface area (Å²) in [6.07, 6.45) is 3.16. The number of piperidine rings is 1. The number of likely N-dealkylation sites (tertiary alicyclic amines) is 1. The van der Waals surface area contributed by atoms with Crippen LogP contribution in [0.3, 0.4) is 0 Å². The molecule has 0 spiro atoms. The highest BCUT2D eigenvalue weighted by atomic mass is 35.5. The minimum atomic E-state index is -0.519. The van der Waals surface area contributed by atoms with Crippen LogP contribution in [0.1, 0.15) is 39.5 Å². The van der Waals surface area contributed by atoms with E-state index >= 15 is 0 Å². The van der Waals surface area contributed by atoms with Crippen LogP contribution in [0, 0.1) is 5.92 Å². The van der Waals surface area contributed by atoms with Gasteiger partial charge < -0.3 is 16.4 Å². The summed E-state index contributed by atoms with van der Waals surface area (Å²) in [7, 11) is 0. The van der Waals surface area contributed by atoms with Gasteiger partial charge in [0.1, 0.15) is 6.04 Å². The number of nitrogens with two attached hydrogens (primary N) is 2. The smallest absolute Gasteiger partial charge is 0.240 e. The van der Waals surface area contributed by atoms with E-state index in [1.165, 1.54) is 0 Å². The minimum Gasteiger partial charge on any atom is -0.368 e. The average molecular weight is 278 g/mol. The van der Waals surface area contributed by atoms with Gasteiger partial charge in [-0.2, -0.15) is 0 Å². The van der Waals surface area contributed by atoms with Gasteiger partial charge in [-0.1, -0.05) is 13.8 Å². The summed E-state index contributed by atoms with van der Waals surface area (Å²) in [6.45, 7) is 4.64. The van der Waals surface area contributed by atoms with Gasteiger partial charge in [-0.25, -0.2) is 0 Å². The van der Waals surface area contributed by atoms with Gasteiger partial charge >= 0.3 is 0 Å². The van der Waals surface area contributed by atoms with E-state index in [1.54, 1.807) is 4.90 Å². The van der Waals surface area contributed by atoms with E-state index in [0.717, 1.165) is 12.8 Å². The second-order valence-electron chi connectivity index (χ2n) is 5.18. The molecule has 1 saturated heterocycles. The summed E-state index contributed by atoms with van der Waals surface area (Å²) >= 11 is 0. The third kappa shape index (κ3) is 4.46. The van der Waals surface area contributed by atoms with Crippen LogP contribution in [-0.4, -0.2) is 35.3 Å². The van der Waals surface area contributed by atoms with Gasteiger partial charge in [0.15, 0.2) is 0 Å². The molecule has 0 saturated carbocycles. The van der Waals surface area contributed by atoms with Crippen LogP contribution in [0.25, 0.3) is 0 Å². The zero-order chi connectivity index (χ0) is 13.0. The standard InChI is InChI=1S/C12H23N3O2.ClH/c1-8(2)7-9(13)12(17)15-6-4-3-5-10(15)11(14)16;/h8-10H,3-7,13H2,1-2H3,(H2,14,16);1H/t9-,10?;/m0./s1. The molecule has 2 atom stereocenters. The Kier molecular flexibility index (Phi) is 7.25. The van der Waals surface area contributed by atoms with E-state index in [1.807, 2.05) is 13.8 Å². The summed E-state index contributed by atoms with van der Waals surface area (Å²) in [6, 6.07) is -0.982. The molecule has 1 aliphatic heterocycles. The van der Waals surface area contributed by atoms with Crippen molar-refractivity contribution in [2.45, 2.75) is 51.6 Å². The monoisotopic (exact) mass is 277 g/mol. The van der Waals surface area contributed by atoms with E-state index in [9.17, 15) is 9.59 Å². The largest absolute Gasteiger partial charge is 0.368 e. The first-order valence-corrected chi connectivity index (χ1v) is 6.29. The van der Waals surface area contributed by atoms with E-state index in [-0.39, 0.29) is 18.3 Å². The quantitative estimate of drug-likeness (QED) is 0.790.